The number of nitrogens with zero attached hydrogens (tertiary/aromatic N) is 2. The van der Waals surface area contributed by atoms with Crippen LogP contribution in [0.4, 0.5) is 24.5 Å². The lowest BCUT2D eigenvalue weighted by atomic mass is 9.89. The molecule has 2 aliphatic rings. The SMILES string of the molecule is CCCOC1CCC(C)CC1.CN1CCC(Nc2cc(Br)c(C(F)(F)F)cc2[N+](=O)[O-])CC1. The number of piperidine rings is 1. The predicted molar refractivity (Wildman–Crippen MR) is 128 cm³/mol. The molecular weight excluding hydrogens is 503 g/mol. The number of alkyl halides is 3. The highest BCUT2D eigenvalue weighted by Gasteiger charge is 2.36. The normalized spacial score (nSPS) is 22.4. The van der Waals surface area contributed by atoms with Crippen LogP contribution in [0.5, 0.6) is 0 Å². The van der Waals surface area contributed by atoms with Gasteiger partial charge in [0.1, 0.15) is 5.69 Å². The maximum absolute atomic E-state index is 12.8. The van der Waals surface area contributed by atoms with Gasteiger partial charge in [-0.3, -0.25) is 10.1 Å². The molecule has 0 atom stereocenters. The summed E-state index contributed by atoms with van der Waals surface area (Å²) in [7, 11) is 1.98. The van der Waals surface area contributed by atoms with Crippen molar-refractivity contribution in [1.29, 1.82) is 0 Å². The molecule has 33 heavy (non-hydrogen) atoms. The number of hydrogen-bond acceptors (Lipinski definition) is 5. The number of anilines is 1. The summed E-state index contributed by atoms with van der Waals surface area (Å²) in [4.78, 5) is 12.4. The van der Waals surface area contributed by atoms with Gasteiger partial charge in [0.25, 0.3) is 5.69 Å². The van der Waals surface area contributed by atoms with Gasteiger partial charge in [0.15, 0.2) is 0 Å². The Bertz CT molecular complexity index is 761. The quantitative estimate of drug-likeness (QED) is 0.316. The van der Waals surface area contributed by atoms with E-state index in [-0.39, 0.29) is 16.2 Å². The van der Waals surface area contributed by atoms with E-state index in [9.17, 15) is 23.3 Å². The van der Waals surface area contributed by atoms with Gasteiger partial charge in [-0.1, -0.05) is 29.8 Å². The number of likely N-dealkylation sites (tertiary alicyclic amines) is 1. The summed E-state index contributed by atoms with van der Waals surface area (Å²) in [5, 5.41) is 14.1. The Morgan fingerprint density at radius 1 is 1.18 bits per heavy atom. The summed E-state index contributed by atoms with van der Waals surface area (Å²) in [5.41, 5.74) is -1.50. The third kappa shape index (κ3) is 9.05. The molecule has 10 heteroatoms. The number of hydrogen-bond donors (Lipinski definition) is 1. The van der Waals surface area contributed by atoms with Crippen molar-refractivity contribution >= 4 is 27.3 Å². The monoisotopic (exact) mass is 537 g/mol. The Labute approximate surface area is 202 Å². The van der Waals surface area contributed by atoms with Gasteiger partial charge < -0.3 is 15.0 Å². The number of rotatable bonds is 6. The Morgan fingerprint density at radius 2 is 1.79 bits per heavy atom. The number of nitrogens with one attached hydrogen (secondary N) is 1. The minimum absolute atomic E-state index is 0.0125. The van der Waals surface area contributed by atoms with Crippen LogP contribution in [0.2, 0.25) is 0 Å². The highest BCUT2D eigenvalue weighted by molar-refractivity contribution is 9.10. The van der Waals surface area contributed by atoms with Gasteiger partial charge in [0, 0.05) is 23.2 Å². The van der Waals surface area contributed by atoms with Crippen molar-refractivity contribution in [1.82, 2.24) is 4.90 Å². The van der Waals surface area contributed by atoms with Crippen LogP contribution in [0.25, 0.3) is 0 Å². The van der Waals surface area contributed by atoms with Gasteiger partial charge in [-0.15, -0.1) is 0 Å². The van der Waals surface area contributed by atoms with Crippen LogP contribution in [0, 0.1) is 16.0 Å². The lowest BCUT2D eigenvalue weighted by molar-refractivity contribution is -0.384. The molecule has 6 nitrogen and oxygen atoms in total. The van der Waals surface area contributed by atoms with Crippen LogP contribution < -0.4 is 5.32 Å². The summed E-state index contributed by atoms with van der Waals surface area (Å²) in [6.07, 6.45) is 4.00. The first-order chi connectivity index (χ1) is 15.5. The zero-order chi connectivity index (χ0) is 24.6. The summed E-state index contributed by atoms with van der Waals surface area (Å²) < 4.78 is 44.0. The molecule has 1 N–H and O–H groups in total. The van der Waals surface area contributed by atoms with Crippen LogP contribution in [-0.2, 0) is 10.9 Å². The van der Waals surface area contributed by atoms with E-state index in [1.807, 2.05) is 7.05 Å². The fourth-order valence-electron chi connectivity index (χ4n) is 4.10. The van der Waals surface area contributed by atoms with E-state index in [2.05, 4.69) is 40.0 Å². The maximum atomic E-state index is 12.8. The molecule has 188 valence electrons. The van der Waals surface area contributed by atoms with Gasteiger partial charge >= 0.3 is 6.18 Å². The third-order valence-corrected chi connectivity index (χ3v) is 6.84. The summed E-state index contributed by atoms with van der Waals surface area (Å²) >= 11 is 2.85. The molecular formula is C23H35BrF3N3O3. The smallest absolute Gasteiger partial charge is 0.378 e. The molecule has 0 bridgehead atoms. The lowest BCUT2D eigenvalue weighted by Crippen LogP contribution is -2.36. The van der Waals surface area contributed by atoms with E-state index in [0.29, 0.717) is 12.2 Å². The average molecular weight is 538 g/mol. The molecule has 0 spiro atoms. The van der Waals surface area contributed by atoms with E-state index in [0.717, 1.165) is 50.9 Å². The van der Waals surface area contributed by atoms with Gasteiger partial charge in [0.2, 0.25) is 0 Å². The van der Waals surface area contributed by atoms with Crippen molar-refractivity contribution < 1.29 is 22.8 Å². The first-order valence-electron chi connectivity index (χ1n) is 11.6. The van der Waals surface area contributed by atoms with Crippen molar-refractivity contribution in [3.05, 3.63) is 32.3 Å². The Hall–Kier alpha value is -1.39. The zero-order valence-corrected chi connectivity index (χ0v) is 21.2. The topological polar surface area (TPSA) is 67.6 Å². The molecule has 1 saturated carbocycles. The number of benzene rings is 1. The molecule has 2 fully saturated rings. The van der Waals surface area contributed by atoms with Crippen molar-refractivity contribution in [2.45, 2.75) is 77.1 Å². The fourth-order valence-corrected chi connectivity index (χ4v) is 4.67. The molecule has 1 saturated heterocycles. The molecule has 1 aliphatic carbocycles. The van der Waals surface area contributed by atoms with Gasteiger partial charge in [-0.05, 0) is 77.1 Å². The van der Waals surface area contributed by atoms with E-state index >= 15 is 0 Å². The lowest BCUT2D eigenvalue weighted by Gasteiger charge is -2.30. The van der Waals surface area contributed by atoms with Gasteiger partial charge in [-0.25, -0.2) is 0 Å². The van der Waals surface area contributed by atoms with Crippen LogP contribution in [-0.4, -0.2) is 48.7 Å². The second kappa shape index (κ2) is 12.9. The molecule has 1 heterocycles. The third-order valence-electron chi connectivity index (χ3n) is 6.19. The minimum atomic E-state index is -4.64. The number of halogens is 4. The Kier molecular flexibility index (Phi) is 10.9. The minimum Gasteiger partial charge on any atom is -0.378 e. The summed E-state index contributed by atoms with van der Waals surface area (Å²) in [6, 6.07) is 1.72. The van der Waals surface area contributed by atoms with Crippen molar-refractivity contribution in [2.75, 3.05) is 32.1 Å². The van der Waals surface area contributed by atoms with Gasteiger partial charge in [-0.2, -0.15) is 13.2 Å². The molecule has 1 aromatic carbocycles. The van der Waals surface area contributed by atoms with Gasteiger partial charge in [0.05, 0.1) is 16.6 Å². The maximum Gasteiger partial charge on any atom is 0.417 e. The Balaban J connectivity index is 0.000000294. The van der Waals surface area contributed by atoms with E-state index in [4.69, 9.17) is 4.74 Å². The Morgan fingerprint density at radius 3 is 2.30 bits per heavy atom. The zero-order valence-electron chi connectivity index (χ0n) is 19.6. The standard InChI is InChI=1S/C13H15BrF3N3O2.C10H20O/c1-19-4-2-8(3-5-19)18-11-7-10(14)9(13(15,16)17)6-12(11)20(21)22;1-3-8-11-10-6-4-9(2)5-7-10/h6-8,18H,2-5H2,1H3;9-10H,3-8H2,1-2H3. The van der Waals surface area contributed by atoms with Crippen LogP contribution >= 0.6 is 15.9 Å². The first kappa shape index (κ1) is 27.9. The van der Waals surface area contributed by atoms with E-state index < -0.39 is 22.4 Å². The molecule has 3 rings (SSSR count). The average Bonchev–Trinajstić information content (AvgIpc) is 2.74. The molecule has 1 aliphatic heterocycles. The largest absolute Gasteiger partial charge is 0.417 e. The van der Waals surface area contributed by atoms with Crippen LogP contribution in [0.3, 0.4) is 0 Å². The summed E-state index contributed by atoms with van der Waals surface area (Å²) in [6.45, 7) is 7.15. The number of ether oxygens (including phenoxy) is 1. The number of nitro benzene ring substituents is 1. The second-order valence-corrected chi connectivity index (χ2v) is 9.93. The molecule has 0 unspecified atom stereocenters. The highest BCUT2D eigenvalue weighted by atomic mass is 79.9. The van der Waals surface area contributed by atoms with Crippen LogP contribution in [0.1, 0.15) is 64.4 Å². The van der Waals surface area contributed by atoms with Crippen LogP contribution in [0.15, 0.2) is 16.6 Å². The fraction of sp³-hybridized carbons (Fsp3) is 0.739. The molecule has 0 radical (unpaired) electrons. The van der Waals surface area contributed by atoms with Crippen molar-refractivity contribution in [2.24, 2.45) is 5.92 Å². The summed E-state index contributed by atoms with van der Waals surface area (Å²) in [5.74, 6) is 0.941. The second-order valence-electron chi connectivity index (χ2n) is 9.08. The molecule has 1 aromatic rings. The van der Waals surface area contributed by atoms with E-state index in [1.54, 1.807) is 0 Å². The van der Waals surface area contributed by atoms with Crippen molar-refractivity contribution in [3.8, 4) is 0 Å². The molecule has 0 amide bonds. The van der Waals surface area contributed by atoms with E-state index in [1.165, 1.54) is 25.7 Å². The predicted octanol–water partition coefficient (Wildman–Crippen LogP) is 6.87. The highest BCUT2D eigenvalue weighted by Crippen LogP contribution is 2.40. The first-order valence-corrected chi connectivity index (χ1v) is 12.4. The number of nitro groups is 1. The molecule has 0 aromatic heterocycles. The van der Waals surface area contributed by atoms with Crippen molar-refractivity contribution in [3.63, 3.8) is 0 Å².